The molecule has 0 unspecified atom stereocenters. The van der Waals surface area contributed by atoms with Gasteiger partial charge in [-0.15, -0.1) is 0 Å². The van der Waals surface area contributed by atoms with Gasteiger partial charge in [-0.25, -0.2) is 9.18 Å². The molecular weight excluding hydrogens is 247 g/mol. The summed E-state index contributed by atoms with van der Waals surface area (Å²) in [7, 11) is 0. The Morgan fingerprint density at radius 2 is 2.26 bits per heavy atom. The maximum atomic E-state index is 13.2. The third kappa shape index (κ3) is 3.38. The van der Waals surface area contributed by atoms with E-state index in [9.17, 15) is 9.18 Å². The molecule has 0 spiro atoms. The molecule has 1 aromatic heterocycles. The van der Waals surface area contributed by atoms with Crippen molar-refractivity contribution in [2.45, 2.75) is 6.42 Å². The highest BCUT2D eigenvalue weighted by Gasteiger charge is 2.07. The summed E-state index contributed by atoms with van der Waals surface area (Å²) in [4.78, 5) is 17.6. The van der Waals surface area contributed by atoms with Crippen molar-refractivity contribution in [1.82, 2.24) is 9.97 Å². The van der Waals surface area contributed by atoms with Crippen LogP contribution >= 0.6 is 0 Å². The van der Waals surface area contributed by atoms with Crippen LogP contribution in [0.2, 0.25) is 0 Å². The monoisotopic (exact) mass is 262 g/mol. The summed E-state index contributed by atoms with van der Waals surface area (Å²) in [5, 5.41) is 3.12. The molecule has 100 valence electrons. The van der Waals surface area contributed by atoms with E-state index < -0.39 is 5.69 Å². The second-order valence-electron chi connectivity index (χ2n) is 4.06. The van der Waals surface area contributed by atoms with Crippen molar-refractivity contribution in [1.29, 1.82) is 0 Å². The first-order valence-corrected chi connectivity index (χ1v) is 6.00. The Balaban J connectivity index is 2.37. The van der Waals surface area contributed by atoms with Crippen molar-refractivity contribution in [2.24, 2.45) is 5.73 Å². The zero-order valence-corrected chi connectivity index (χ0v) is 10.3. The topological polar surface area (TPSA) is 83.8 Å². The van der Waals surface area contributed by atoms with E-state index in [-0.39, 0.29) is 5.82 Å². The molecule has 0 radical (unpaired) electrons. The number of nitrogens with two attached hydrogens (primary N) is 1. The number of rotatable bonds is 5. The van der Waals surface area contributed by atoms with E-state index in [1.54, 1.807) is 12.1 Å². The Hall–Kier alpha value is -2.21. The fraction of sp³-hybridized carbons (Fsp3) is 0.231. The first-order valence-electron chi connectivity index (χ1n) is 6.00. The molecule has 0 aliphatic rings. The Labute approximate surface area is 109 Å². The zero-order chi connectivity index (χ0) is 13.7. The van der Waals surface area contributed by atoms with Gasteiger partial charge in [0.15, 0.2) is 0 Å². The largest absolute Gasteiger partial charge is 0.382 e. The van der Waals surface area contributed by atoms with Crippen molar-refractivity contribution in [2.75, 3.05) is 18.4 Å². The van der Waals surface area contributed by atoms with E-state index in [0.717, 1.165) is 6.42 Å². The molecule has 1 aromatic carbocycles. The van der Waals surface area contributed by atoms with Crippen LogP contribution in [-0.4, -0.2) is 23.1 Å². The number of aromatic amines is 1. The summed E-state index contributed by atoms with van der Waals surface area (Å²) >= 11 is 0. The fourth-order valence-electron chi connectivity index (χ4n) is 1.73. The van der Waals surface area contributed by atoms with Crippen LogP contribution in [0, 0.1) is 5.82 Å². The molecule has 19 heavy (non-hydrogen) atoms. The minimum Gasteiger partial charge on any atom is -0.382 e. The van der Waals surface area contributed by atoms with Crippen LogP contribution in [-0.2, 0) is 0 Å². The van der Waals surface area contributed by atoms with Crippen LogP contribution in [0.25, 0.3) is 11.3 Å². The third-order valence-corrected chi connectivity index (χ3v) is 2.62. The number of nitrogens with one attached hydrogen (secondary N) is 2. The van der Waals surface area contributed by atoms with Gasteiger partial charge < -0.3 is 16.0 Å². The summed E-state index contributed by atoms with van der Waals surface area (Å²) in [5.41, 5.74) is 6.72. The van der Waals surface area contributed by atoms with Gasteiger partial charge in [-0.3, -0.25) is 0 Å². The highest BCUT2D eigenvalue weighted by Crippen LogP contribution is 2.24. The van der Waals surface area contributed by atoms with Gasteiger partial charge in [0, 0.05) is 12.1 Å². The van der Waals surface area contributed by atoms with E-state index in [0.29, 0.717) is 30.0 Å². The Bertz CT molecular complexity index is 612. The number of benzene rings is 1. The third-order valence-electron chi connectivity index (χ3n) is 2.62. The second kappa shape index (κ2) is 6.10. The maximum absolute atomic E-state index is 13.2. The van der Waals surface area contributed by atoms with E-state index in [4.69, 9.17) is 5.73 Å². The lowest BCUT2D eigenvalue weighted by Gasteiger charge is -2.10. The fourth-order valence-corrected chi connectivity index (χ4v) is 1.73. The number of H-pyrrole nitrogens is 1. The summed E-state index contributed by atoms with van der Waals surface area (Å²) in [5.74, 6) is -0.358. The lowest BCUT2D eigenvalue weighted by atomic mass is 10.1. The molecule has 5 nitrogen and oxygen atoms in total. The average Bonchev–Trinajstić information content (AvgIpc) is 2.40. The molecule has 0 fully saturated rings. The zero-order valence-electron chi connectivity index (χ0n) is 10.3. The lowest BCUT2D eigenvalue weighted by Crippen LogP contribution is -2.15. The van der Waals surface area contributed by atoms with E-state index in [2.05, 4.69) is 15.3 Å². The molecule has 0 saturated carbocycles. The number of halogens is 1. The van der Waals surface area contributed by atoms with Crippen LogP contribution in [0.3, 0.4) is 0 Å². The first kappa shape index (κ1) is 13.2. The average molecular weight is 262 g/mol. The smallest absolute Gasteiger partial charge is 0.345 e. The van der Waals surface area contributed by atoms with Gasteiger partial charge in [0.05, 0.1) is 17.6 Å². The molecule has 2 aromatic rings. The molecule has 2 rings (SSSR count). The second-order valence-corrected chi connectivity index (χ2v) is 4.06. The lowest BCUT2D eigenvalue weighted by molar-refractivity contribution is 0.628. The minimum absolute atomic E-state index is 0.358. The Morgan fingerprint density at radius 3 is 3.00 bits per heavy atom. The van der Waals surface area contributed by atoms with Crippen LogP contribution in [0.4, 0.5) is 10.1 Å². The molecule has 0 aliphatic carbocycles. The van der Waals surface area contributed by atoms with Crippen LogP contribution in [0.15, 0.2) is 35.3 Å². The van der Waals surface area contributed by atoms with Gasteiger partial charge in [-0.1, -0.05) is 12.1 Å². The molecule has 0 bridgehead atoms. The van der Waals surface area contributed by atoms with Crippen molar-refractivity contribution >= 4 is 5.69 Å². The summed E-state index contributed by atoms with van der Waals surface area (Å²) < 4.78 is 13.2. The van der Waals surface area contributed by atoms with Crippen LogP contribution in [0.5, 0.6) is 0 Å². The quantitative estimate of drug-likeness (QED) is 0.710. The van der Waals surface area contributed by atoms with E-state index in [1.807, 2.05) is 0 Å². The standard InChI is InChI=1S/C13H15FN4O/c14-10-4-1-3-9(7-10)12-11(16-6-2-5-15)8-17-13(19)18-12/h1,3-4,7-8,16H,2,5-6,15H2,(H,17,18,19). The number of nitrogens with zero attached hydrogens (tertiary/aromatic N) is 1. The molecule has 6 heteroatoms. The molecular formula is C13H15FN4O. The maximum Gasteiger partial charge on any atom is 0.345 e. The van der Waals surface area contributed by atoms with Gasteiger partial charge in [0.1, 0.15) is 5.82 Å². The van der Waals surface area contributed by atoms with Crippen molar-refractivity contribution in [3.05, 3.63) is 46.8 Å². The highest BCUT2D eigenvalue weighted by molar-refractivity contribution is 5.73. The molecule has 4 N–H and O–H groups in total. The SMILES string of the molecule is NCCCNc1cnc(=O)[nH]c1-c1cccc(F)c1. The van der Waals surface area contributed by atoms with Gasteiger partial charge in [-0.05, 0) is 25.1 Å². The summed E-state index contributed by atoms with van der Waals surface area (Å²) in [6, 6.07) is 6.03. The van der Waals surface area contributed by atoms with Gasteiger partial charge in [-0.2, -0.15) is 4.98 Å². The number of anilines is 1. The van der Waals surface area contributed by atoms with Crippen molar-refractivity contribution in [3.8, 4) is 11.3 Å². The summed E-state index contributed by atoms with van der Waals surface area (Å²) in [6.07, 6.45) is 2.23. The van der Waals surface area contributed by atoms with E-state index in [1.165, 1.54) is 18.3 Å². The van der Waals surface area contributed by atoms with Crippen LogP contribution in [0.1, 0.15) is 6.42 Å². The predicted molar refractivity (Wildman–Crippen MR) is 72.4 cm³/mol. The number of hydrogen-bond donors (Lipinski definition) is 3. The molecule has 1 heterocycles. The van der Waals surface area contributed by atoms with Gasteiger partial charge in [0.25, 0.3) is 0 Å². The van der Waals surface area contributed by atoms with Crippen LogP contribution < -0.4 is 16.7 Å². The Kier molecular flexibility index (Phi) is 4.25. The van der Waals surface area contributed by atoms with Crippen molar-refractivity contribution < 1.29 is 4.39 Å². The van der Waals surface area contributed by atoms with Gasteiger partial charge >= 0.3 is 5.69 Å². The van der Waals surface area contributed by atoms with E-state index >= 15 is 0 Å². The first-order chi connectivity index (χ1) is 9.20. The normalized spacial score (nSPS) is 10.4. The highest BCUT2D eigenvalue weighted by atomic mass is 19.1. The minimum atomic E-state index is -0.469. The number of aromatic nitrogens is 2. The molecule has 0 amide bonds. The Morgan fingerprint density at radius 1 is 1.42 bits per heavy atom. The molecule has 0 saturated heterocycles. The van der Waals surface area contributed by atoms with Gasteiger partial charge in [0.2, 0.25) is 0 Å². The number of hydrogen-bond acceptors (Lipinski definition) is 4. The predicted octanol–water partition coefficient (Wildman–Crippen LogP) is 1.34. The summed E-state index contributed by atoms with van der Waals surface area (Å²) in [6.45, 7) is 1.23. The van der Waals surface area contributed by atoms with Crippen molar-refractivity contribution in [3.63, 3.8) is 0 Å². The molecule has 0 atom stereocenters. The molecule has 0 aliphatic heterocycles.